The number of anilines is 2. The number of nitrogens with one attached hydrogen (secondary N) is 2. The molecule has 3 heterocycles. The number of aromatic nitrogens is 2. The van der Waals surface area contributed by atoms with E-state index < -0.39 is 5.60 Å². The van der Waals surface area contributed by atoms with Crippen LogP contribution >= 0.6 is 0 Å². The Kier molecular flexibility index (Phi) is 8.70. The summed E-state index contributed by atoms with van der Waals surface area (Å²) in [6, 6.07) is 15.8. The number of ether oxygens (including phenoxy) is 1. The normalized spacial score (nSPS) is 19.6. The second kappa shape index (κ2) is 12.6. The fourth-order valence-corrected chi connectivity index (χ4v) is 5.74. The van der Waals surface area contributed by atoms with Gasteiger partial charge in [0.15, 0.2) is 11.4 Å². The molecule has 2 aliphatic rings. The molecule has 0 saturated carbocycles. The van der Waals surface area contributed by atoms with Gasteiger partial charge in [0.25, 0.3) is 5.91 Å². The zero-order valence-electron chi connectivity index (χ0n) is 23.7. The fourth-order valence-electron chi connectivity index (χ4n) is 5.74. The van der Waals surface area contributed by atoms with E-state index in [1.165, 1.54) is 5.56 Å². The van der Waals surface area contributed by atoms with Gasteiger partial charge in [0, 0.05) is 63.7 Å². The first-order valence-electron chi connectivity index (χ1n) is 14.0. The van der Waals surface area contributed by atoms with Crippen LogP contribution in [0.25, 0.3) is 11.4 Å². The summed E-state index contributed by atoms with van der Waals surface area (Å²) < 4.78 is 5.76. The zero-order valence-corrected chi connectivity index (χ0v) is 23.7. The van der Waals surface area contributed by atoms with E-state index in [0.29, 0.717) is 31.1 Å². The van der Waals surface area contributed by atoms with Crippen molar-refractivity contribution in [1.29, 1.82) is 0 Å². The average Bonchev–Trinajstić information content (AvgIpc) is 3.43. The van der Waals surface area contributed by atoms with Crippen molar-refractivity contribution in [2.45, 2.75) is 37.7 Å². The molecular weight excluding hydrogens is 518 g/mol. The van der Waals surface area contributed by atoms with E-state index >= 15 is 0 Å². The molecule has 2 aliphatic heterocycles. The molecule has 3 aromatic rings. The molecular formula is C31H37N7O3. The van der Waals surface area contributed by atoms with E-state index in [1.807, 2.05) is 41.0 Å². The van der Waals surface area contributed by atoms with Gasteiger partial charge in [-0.1, -0.05) is 24.3 Å². The molecule has 0 unspecified atom stereocenters. The molecule has 0 spiro atoms. The lowest BCUT2D eigenvalue weighted by Crippen LogP contribution is -2.48. The van der Waals surface area contributed by atoms with Gasteiger partial charge in [-0.2, -0.15) is 5.10 Å². The minimum absolute atomic E-state index is 0.0990. The van der Waals surface area contributed by atoms with Crippen LogP contribution in [0.5, 0.6) is 0 Å². The summed E-state index contributed by atoms with van der Waals surface area (Å²) in [4.78, 5) is 39.1. The molecule has 41 heavy (non-hydrogen) atoms. The maximum atomic E-state index is 13.3. The Morgan fingerprint density at radius 3 is 2.49 bits per heavy atom. The molecule has 0 bridgehead atoms. The summed E-state index contributed by atoms with van der Waals surface area (Å²) in [6.45, 7) is 8.09. The second-order valence-electron chi connectivity index (χ2n) is 10.8. The number of aryl methyl sites for hydroxylation is 1. The number of rotatable bonds is 9. The largest absolute Gasteiger partial charge is 0.367 e. The molecule has 2 saturated heterocycles. The topological polar surface area (TPSA) is 112 Å². The van der Waals surface area contributed by atoms with Crippen LogP contribution in [-0.2, 0) is 14.3 Å². The van der Waals surface area contributed by atoms with Crippen molar-refractivity contribution in [2.75, 3.05) is 50.6 Å². The molecule has 1 atom stereocenters. The van der Waals surface area contributed by atoms with Crippen LogP contribution in [-0.4, -0.2) is 83.7 Å². The van der Waals surface area contributed by atoms with Gasteiger partial charge in [0.1, 0.15) is 0 Å². The summed E-state index contributed by atoms with van der Waals surface area (Å²) in [5, 5.41) is 6.68. The first-order valence-corrected chi connectivity index (χ1v) is 14.0. The van der Waals surface area contributed by atoms with E-state index in [1.54, 1.807) is 19.5 Å². The monoisotopic (exact) mass is 555 g/mol. The second-order valence-corrected chi connectivity index (χ2v) is 10.8. The Bertz CT molecular complexity index is 1370. The number of carbonyl (C=O) groups is 2. The van der Waals surface area contributed by atoms with Crippen LogP contribution in [0.15, 0.2) is 66.0 Å². The molecule has 2 aromatic carbocycles. The van der Waals surface area contributed by atoms with Crippen molar-refractivity contribution in [2.24, 2.45) is 5.10 Å². The minimum Gasteiger partial charge on any atom is -0.367 e. The lowest BCUT2D eigenvalue weighted by Gasteiger charge is -2.33. The Hall–Kier alpha value is -4.15. The summed E-state index contributed by atoms with van der Waals surface area (Å²) in [6.07, 6.45) is 5.86. The third kappa shape index (κ3) is 6.44. The van der Waals surface area contributed by atoms with Gasteiger partial charge in [-0.05, 0) is 67.5 Å². The number of carbonyl (C=O) groups excluding carboxylic acids is 2. The fraction of sp³-hybridized carbons (Fsp3) is 0.387. The molecule has 2 amide bonds. The SMILES string of the molecule is C=NNc1ccc(NC(=O)[C@]2(OC)CCN(CC(=O)N3CCC(c4ccc(-c5ncccn5)cc4)CC3)C2)cc1C. The van der Waals surface area contributed by atoms with Crippen molar-refractivity contribution in [3.63, 3.8) is 0 Å². The number of nitrogens with zero attached hydrogens (tertiary/aromatic N) is 5. The highest BCUT2D eigenvalue weighted by atomic mass is 16.5. The summed E-state index contributed by atoms with van der Waals surface area (Å²) in [5.41, 5.74) is 6.55. The van der Waals surface area contributed by atoms with Crippen molar-refractivity contribution >= 4 is 29.9 Å². The number of benzene rings is 2. The van der Waals surface area contributed by atoms with Crippen LogP contribution in [0, 0.1) is 6.92 Å². The van der Waals surface area contributed by atoms with Crippen molar-refractivity contribution in [3.05, 3.63) is 72.1 Å². The molecule has 214 valence electrons. The third-order valence-corrected chi connectivity index (χ3v) is 8.21. The molecule has 2 N–H and O–H groups in total. The Morgan fingerprint density at radius 2 is 1.83 bits per heavy atom. The average molecular weight is 556 g/mol. The number of hydrazone groups is 1. The number of hydrogen-bond donors (Lipinski definition) is 2. The Labute approximate surface area is 240 Å². The van der Waals surface area contributed by atoms with Gasteiger partial charge >= 0.3 is 0 Å². The lowest BCUT2D eigenvalue weighted by molar-refractivity contribution is -0.138. The van der Waals surface area contributed by atoms with Crippen LogP contribution in [0.4, 0.5) is 11.4 Å². The van der Waals surface area contributed by atoms with Gasteiger partial charge in [-0.3, -0.25) is 19.9 Å². The highest BCUT2D eigenvalue weighted by Crippen LogP contribution is 2.31. The molecule has 10 heteroatoms. The lowest BCUT2D eigenvalue weighted by atomic mass is 9.89. The van der Waals surface area contributed by atoms with Crippen molar-refractivity contribution < 1.29 is 14.3 Å². The molecule has 2 fully saturated rings. The Balaban J connectivity index is 1.12. The van der Waals surface area contributed by atoms with Crippen molar-refractivity contribution in [3.8, 4) is 11.4 Å². The van der Waals surface area contributed by atoms with E-state index in [9.17, 15) is 9.59 Å². The highest BCUT2D eigenvalue weighted by molar-refractivity contribution is 5.98. The van der Waals surface area contributed by atoms with Gasteiger partial charge in [0.05, 0.1) is 12.2 Å². The molecule has 10 nitrogen and oxygen atoms in total. The third-order valence-electron chi connectivity index (χ3n) is 8.21. The molecule has 0 aliphatic carbocycles. The van der Waals surface area contributed by atoms with E-state index in [2.05, 4.69) is 56.8 Å². The van der Waals surface area contributed by atoms with Gasteiger partial charge in [-0.15, -0.1) is 0 Å². The number of hydrogen-bond acceptors (Lipinski definition) is 8. The predicted molar refractivity (Wildman–Crippen MR) is 160 cm³/mol. The summed E-state index contributed by atoms with van der Waals surface area (Å²) in [5.74, 6) is 1.03. The first-order chi connectivity index (χ1) is 19.9. The van der Waals surface area contributed by atoms with Crippen molar-refractivity contribution in [1.82, 2.24) is 19.8 Å². The van der Waals surface area contributed by atoms with Gasteiger partial charge in [-0.25, -0.2) is 9.97 Å². The standard InChI is InChI=1S/C31H37N7O3/c1-22-19-26(9-10-27(22)36-32-2)35-30(40)31(41-3)13-18-37(21-31)20-28(39)38-16-11-24(12-17-38)23-5-7-25(8-6-23)29-33-14-4-15-34-29/h4-10,14-15,19,24,36H,2,11-13,16-18,20-21H2,1,3H3,(H,35,40)/t31-/m0/s1. The first kappa shape index (κ1) is 28.4. The predicted octanol–water partition coefficient (Wildman–Crippen LogP) is 3.92. The summed E-state index contributed by atoms with van der Waals surface area (Å²) >= 11 is 0. The van der Waals surface area contributed by atoms with Crippen LogP contribution in [0.1, 0.15) is 36.3 Å². The van der Waals surface area contributed by atoms with Crippen LogP contribution in [0.2, 0.25) is 0 Å². The van der Waals surface area contributed by atoms with Crippen LogP contribution < -0.4 is 10.7 Å². The number of likely N-dealkylation sites (tertiary alicyclic amines) is 2. The number of methoxy groups -OCH3 is 1. The van der Waals surface area contributed by atoms with E-state index in [0.717, 1.165) is 48.6 Å². The quantitative estimate of drug-likeness (QED) is 0.304. The Morgan fingerprint density at radius 1 is 1.10 bits per heavy atom. The highest BCUT2D eigenvalue weighted by Gasteiger charge is 2.45. The summed E-state index contributed by atoms with van der Waals surface area (Å²) in [7, 11) is 1.56. The molecule has 1 aromatic heterocycles. The van der Waals surface area contributed by atoms with E-state index in [4.69, 9.17) is 4.74 Å². The zero-order chi connectivity index (χ0) is 28.8. The smallest absolute Gasteiger partial charge is 0.258 e. The van der Waals surface area contributed by atoms with E-state index in [-0.39, 0.29) is 18.4 Å². The molecule has 0 radical (unpaired) electrons. The molecule has 5 rings (SSSR count). The maximum absolute atomic E-state index is 13.3. The maximum Gasteiger partial charge on any atom is 0.258 e. The number of amides is 2. The van der Waals surface area contributed by atoms with Gasteiger partial charge < -0.3 is 15.0 Å². The minimum atomic E-state index is -1.00. The number of piperidine rings is 1. The van der Waals surface area contributed by atoms with Crippen LogP contribution in [0.3, 0.4) is 0 Å². The van der Waals surface area contributed by atoms with Gasteiger partial charge in [0.2, 0.25) is 5.91 Å².